The second-order valence-corrected chi connectivity index (χ2v) is 8.32. The summed E-state index contributed by atoms with van der Waals surface area (Å²) in [6.45, 7) is 0.882. The molecular weight excluding hydrogens is 326 g/mol. The molecule has 2 N–H and O–H groups in total. The predicted octanol–water partition coefficient (Wildman–Crippen LogP) is 2.39. The molecule has 26 heavy (non-hydrogen) atoms. The van der Waals surface area contributed by atoms with E-state index in [1.165, 1.54) is 30.4 Å². The summed E-state index contributed by atoms with van der Waals surface area (Å²) in [4.78, 5) is 12.3. The van der Waals surface area contributed by atoms with Crippen molar-refractivity contribution in [3.8, 4) is 6.07 Å². The fourth-order valence-electron chi connectivity index (χ4n) is 6.01. The van der Waals surface area contributed by atoms with E-state index >= 15 is 0 Å². The van der Waals surface area contributed by atoms with Gasteiger partial charge in [0.05, 0.1) is 5.92 Å². The number of hydrogen-bond donors (Lipinski definition) is 2. The first kappa shape index (κ1) is 16.3. The summed E-state index contributed by atoms with van der Waals surface area (Å²) < 4.78 is 5.11. The van der Waals surface area contributed by atoms with Gasteiger partial charge in [-0.15, -0.1) is 0 Å². The Kier molecular flexibility index (Phi) is 3.99. The highest BCUT2D eigenvalue weighted by atomic mass is 16.5. The Hall–Kier alpha value is -1.90. The monoisotopic (exact) mass is 351 g/mol. The topological polar surface area (TPSA) is 74.1 Å². The van der Waals surface area contributed by atoms with E-state index in [0.29, 0.717) is 29.7 Å². The lowest BCUT2D eigenvalue weighted by molar-refractivity contribution is -0.145. The Bertz CT molecular complexity index is 760. The van der Waals surface area contributed by atoms with Crippen LogP contribution in [0.4, 0.5) is 0 Å². The van der Waals surface area contributed by atoms with Crippen LogP contribution in [0.25, 0.3) is 0 Å². The van der Waals surface area contributed by atoms with Crippen LogP contribution >= 0.6 is 0 Å². The van der Waals surface area contributed by atoms with Gasteiger partial charge in [-0.05, 0) is 61.0 Å². The zero-order valence-corrected chi connectivity index (χ0v) is 14.9. The molecule has 4 aliphatic carbocycles. The fourth-order valence-corrected chi connectivity index (χ4v) is 6.01. The number of nitrogens with one attached hydrogen (secondary N) is 2. The lowest BCUT2D eigenvalue weighted by atomic mass is 9.62. The van der Waals surface area contributed by atoms with Gasteiger partial charge in [-0.3, -0.25) is 15.6 Å². The van der Waals surface area contributed by atoms with Crippen molar-refractivity contribution in [2.24, 2.45) is 29.6 Å². The summed E-state index contributed by atoms with van der Waals surface area (Å²) in [5.74, 6) is 1.96. The smallest absolute Gasteiger partial charge is 0.314 e. The van der Waals surface area contributed by atoms with Crippen molar-refractivity contribution < 1.29 is 9.53 Å². The molecule has 2 saturated carbocycles. The van der Waals surface area contributed by atoms with E-state index in [-0.39, 0.29) is 18.5 Å². The average Bonchev–Trinajstić information content (AvgIpc) is 3.30. The largest absolute Gasteiger partial charge is 0.450 e. The first-order chi connectivity index (χ1) is 12.8. The number of rotatable bonds is 2. The predicted molar refractivity (Wildman–Crippen MR) is 96.3 cm³/mol. The number of nitriles is 1. The molecule has 5 nitrogen and oxygen atoms in total. The second kappa shape index (κ2) is 6.37. The minimum atomic E-state index is -0.214. The summed E-state index contributed by atoms with van der Waals surface area (Å²) in [6, 6.07) is 2.48. The van der Waals surface area contributed by atoms with Crippen LogP contribution in [0.1, 0.15) is 32.1 Å². The van der Waals surface area contributed by atoms with E-state index in [9.17, 15) is 4.79 Å². The van der Waals surface area contributed by atoms with Crippen molar-refractivity contribution in [2.75, 3.05) is 13.2 Å². The highest BCUT2D eigenvalue weighted by Gasteiger charge is 2.46. The van der Waals surface area contributed by atoms with Gasteiger partial charge in [-0.1, -0.05) is 23.8 Å². The Morgan fingerprint density at radius 1 is 1.19 bits per heavy atom. The molecular formula is C21H25N3O2. The third-order valence-corrected chi connectivity index (χ3v) is 7.17. The molecule has 5 aliphatic rings. The number of allylic oxidation sites excluding steroid dienone is 4. The Morgan fingerprint density at radius 3 is 2.96 bits per heavy atom. The maximum atomic E-state index is 12.3. The van der Waals surface area contributed by atoms with Gasteiger partial charge in [0.15, 0.2) is 6.61 Å². The number of hydrogen-bond acceptors (Lipinski definition) is 5. The lowest BCUT2D eigenvalue weighted by Crippen LogP contribution is -2.39. The van der Waals surface area contributed by atoms with Gasteiger partial charge in [0.25, 0.3) is 0 Å². The molecule has 3 fully saturated rings. The zero-order valence-electron chi connectivity index (χ0n) is 14.9. The molecule has 0 spiro atoms. The number of carbonyl (C=O) groups excluding carboxylic acids is 1. The summed E-state index contributed by atoms with van der Waals surface area (Å²) >= 11 is 0. The van der Waals surface area contributed by atoms with Crippen LogP contribution in [-0.4, -0.2) is 25.2 Å². The minimum Gasteiger partial charge on any atom is -0.450 e. The summed E-state index contributed by atoms with van der Waals surface area (Å²) in [7, 11) is 0. The van der Waals surface area contributed by atoms with Crippen molar-refractivity contribution in [1.29, 1.82) is 5.26 Å². The third-order valence-electron chi connectivity index (χ3n) is 7.17. The van der Waals surface area contributed by atoms with E-state index in [2.05, 4.69) is 29.1 Å². The molecule has 0 aromatic heterocycles. The summed E-state index contributed by atoms with van der Waals surface area (Å²) in [6.07, 6.45) is 12.6. The molecule has 136 valence electrons. The van der Waals surface area contributed by atoms with Crippen LogP contribution < -0.4 is 10.9 Å². The molecule has 5 rings (SSSR count). The summed E-state index contributed by atoms with van der Waals surface area (Å²) in [5, 5.41) is 8.65. The van der Waals surface area contributed by atoms with Gasteiger partial charge in [-0.2, -0.15) is 5.26 Å². The maximum Gasteiger partial charge on any atom is 0.314 e. The number of hydrazine groups is 1. The molecule has 0 radical (unpaired) electrons. The van der Waals surface area contributed by atoms with Crippen LogP contribution in [0.3, 0.4) is 0 Å². The third kappa shape index (κ3) is 2.47. The van der Waals surface area contributed by atoms with Crippen molar-refractivity contribution in [2.45, 2.75) is 38.1 Å². The normalized spacial score (nSPS) is 40.0. The molecule has 6 atom stereocenters. The van der Waals surface area contributed by atoms with E-state index in [1.54, 1.807) is 5.57 Å². The first-order valence-electron chi connectivity index (χ1n) is 9.92. The van der Waals surface area contributed by atoms with Crippen molar-refractivity contribution in [3.05, 3.63) is 34.9 Å². The average molecular weight is 351 g/mol. The molecule has 0 aromatic carbocycles. The molecule has 6 unspecified atom stereocenters. The summed E-state index contributed by atoms with van der Waals surface area (Å²) in [5.41, 5.74) is 11.1. The van der Waals surface area contributed by atoms with Gasteiger partial charge in [-0.25, -0.2) is 0 Å². The number of ether oxygens (including phenoxy) is 1. The molecule has 0 amide bonds. The Morgan fingerprint density at radius 2 is 2.08 bits per heavy atom. The minimum absolute atomic E-state index is 0.142. The Balaban J connectivity index is 1.43. The van der Waals surface area contributed by atoms with Crippen LogP contribution in [-0.2, 0) is 9.53 Å². The van der Waals surface area contributed by atoms with Crippen LogP contribution in [0.5, 0.6) is 0 Å². The van der Waals surface area contributed by atoms with E-state index in [0.717, 1.165) is 19.4 Å². The first-order valence-corrected chi connectivity index (χ1v) is 9.92. The zero-order chi connectivity index (χ0) is 17.7. The van der Waals surface area contributed by atoms with Crippen LogP contribution in [0.2, 0.25) is 0 Å². The van der Waals surface area contributed by atoms with Crippen molar-refractivity contribution in [1.82, 2.24) is 10.9 Å². The Labute approximate surface area is 154 Å². The molecule has 1 heterocycles. The van der Waals surface area contributed by atoms with E-state index in [4.69, 9.17) is 10.00 Å². The van der Waals surface area contributed by atoms with Crippen molar-refractivity contribution in [3.63, 3.8) is 0 Å². The molecule has 1 saturated heterocycles. The number of fused-ring (bicyclic) bond motifs is 6. The van der Waals surface area contributed by atoms with Gasteiger partial charge in [0.1, 0.15) is 6.07 Å². The van der Waals surface area contributed by atoms with Gasteiger partial charge >= 0.3 is 5.97 Å². The van der Waals surface area contributed by atoms with E-state index < -0.39 is 0 Å². The number of nitrogens with zero attached hydrogens (tertiary/aromatic N) is 1. The van der Waals surface area contributed by atoms with Gasteiger partial charge < -0.3 is 4.74 Å². The van der Waals surface area contributed by atoms with Crippen LogP contribution in [0.15, 0.2) is 34.9 Å². The highest BCUT2D eigenvalue weighted by molar-refractivity contribution is 5.77. The number of esters is 1. The van der Waals surface area contributed by atoms with E-state index in [1.807, 2.05) is 6.07 Å². The highest BCUT2D eigenvalue weighted by Crippen LogP contribution is 2.54. The molecule has 0 aromatic rings. The van der Waals surface area contributed by atoms with Gasteiger partial charge in [0, 0.05) is 18.5 Å². The number of carbonyl (C=O) groups is 1. The quantitative estimate of drug-likeness (QED) is 0.747. The molecule has 5 heteroatoms. The van der Waals surface area contributed by atoms with Crippen LogP contribution in [0, 0.1) is 40.9 Å². The second-order valence-electron chi connectivity index (χ2n) is 8.32. The lowest BCUT2D eigenvalue weighted by Gasteiger charge is -2.43. The van der Waals surface area contributed by atoms with Gasteiger partial charge in [0.2, 0.25) is 0 Å². The molecule has 1 aliphatic heterocycles. The SMILES string of the molecule is N#CCOC(=O)C1CCC2C1=CC=C1C3=CC4CNNC4CC3CCC12. The maximum absolute atomic E-state index is 12.3. The fraction of sp³-hybridized carbons (Fsp3) is 0.619. The molecule has 0 bridgehead atoms. The standard InChI is InChI=1S/C21H25N3O2/c22-7-8-26-21(25)18-6-5-15-14-2-1-12-10-20-13(11-23-24-20)9-19(12)17(14)4-3-16(15)18/h3-4,9,12-15,18,20,23-24H,1-2,5-6,8,10-11H2. The van der Waals surface area contributed by atoms with Crippen molar-refractivity contribution >= 4 is 5.97 Å².